The summed E-state index contributed by atoms with van der Waals surface area (Å²) in [6.07, 6.45) is -0.248. The van der Waals surface area contributed by atoms with Crippen molar-refractivity contribution in [3.8, 4) is 11.5 Å². The topological polar surface area (TPSA) is 71.5 Å². The maximum atomic E-state index is 15.4. The van der Waals surface area contributed by atoms with Gasteiger partial charge in [0.25, 0.3) is 0 Å². The first-order valence-corrected chi connectivity index (χ1v) is 19.0. The Kier molecular flexibility index (Phi) is 9.95. The van der Waals surface area contributed by atoms with E-state index in [1.807, 2.05) is 12.1 Å². The Morgan fingerprint density at radius 3 is 2.38 bits per heavy atom. The summed E-state index contributed by atoms with van der Waals surface area (Å²) in [5, 5.41) is 11.6. The molecule has 1 amide bonds. The van der Waals surface area contributed by atoms with Gasteiger partial charge in [-0.2, -0.15) is 0 Å². The lowest BCUT2D eigenvalue weighted by molar-refractivity contribution is -0.119. The predicted molar refractivity (Wildman–Crippen MR) is 180 cm³/mol. The SMILES string of the molecule is COc1ccc(CN2C(=O)CCc3c(OC[C@]4(O)CCN(c5cc(F)c(Cl)cc5F)C[C@H]4O[Si](C)(C)C(C)(C)C)ccc(F)c32)cc1. The number of halogens is 4. The molecule has 3 aromatic rings. The van der Waals surface area contributed by atoms with Gasteiger partial charge in [0.05, 0.1) is 36.2 Å². The Morgan fingerprint density at radius 2 is 1.72 bits per heavy atom. The molecule has 0 spiro atoms. The van der Waals surface area contributed by atoms with Crippen molar-refractivity contribution in [2.75, 3.05) is 36.6 Å². The molecule has 1 fully saturated rings. The lowest BCUT2D eigenvalue weighted by Gasteiger charge is -2.49. The van der Waals surface area contributed by atoms with Crippen molar-refractivity contribution in [2.24, 2.45) is 0 Å². The van der Waals surface area contributed by atoms with Crippen molar-refractivity contribution < 1.29 is 37.0 Å². The standard InChI is InChI=1S/C35H42ClF3N2O5Si/c1-34(2,3)47(5,6)46-31-20-40(29-18-27(38)25(36)17-28(29)39)16-15-35(31,43)21-45-30-13-12-26(37)33-24(30)11-14-32(42)41(33)19-22-7-9-23(44-4)10-8-22/h7-10,12-13,17-18,31,43H,11,14-16,19-21H2,1-6H3/t31-,35-/m1/s1. The highest BCUT2D eigenvalue weighted by Gasteiger charge is 2.49. The summed E-state index contributed by atoms with van der Waals surface area (Å²) in [7, 11) is -0.909. The largest absolute Gasteiger partial charge is 0.497 e. The smallest absolute Gasteiger partial charge is 0.227 e. The number of anilines is 2. The van der Waals surface area contributed by atoms with Gasteiger partial charge in [0.15, 0.2) is 8.32 Å². The van der Waals surface area contributed by atoms with Gasteiger partial charge in [0, 0.05) is 31.1 Å². The Bertz CT molecular complexity index is 1630. The number of aliphatic hydroxyl groups is 1. The zero-order valence-corrected chi connectivity index (χ0v) is 29.4. The number of methoxy groups -OCH3 is 1. The third-order valence-corrected chi connectivity index (χ3v) is 14.5. The summed E-state index contributed by atoms with van der Waals surface area (Å²) in [5.41, 5.74) is 0.0295. The Morgan fingerprint density at radius 1 is 1.02 bits per heavy atom. The minimum absolute atomic E-state index is 0.0351. The lowest BCUT2D eigenvalue weighted by Crippen LogP contribution is -2.63. The summed E-state index contributed by atoms with van der Waals surface area (Å²) < 4.78 is 63.0. The number of hydrogen-bond donors (Lipinski definition) is 1. The lowest BCUT2D eigenvalue weighted by atomic mass is 9.89. The molecule has 2 atom stereocenters. The summed E-state index contributed by atoms with van der Waals surface area (Å²) in [6, 6.07) is 12.0. The molecule has 2 aliphatic rings. The molecule has 0 aliphatic carbocycles. The van der Waals surface area contributed by atoms with Crippen LogP contribution in [0.25, 0.3) is 0 Å². The minimum Gasteiger partial charge on any atom is -0.497 e. The van der Waals surface area contributed by atoms with Crippen LogP contribution >= 0.6 is 11.6 Å². The van der Waals surface area contributed by atoms with Crippen LogP contribution in [0.15, 0.2) is 48.5 Å². The number of carbonyl (C=O) groups is 1. The van der Waals surface area contributed by atoms with E-state index in [1.54, 1.807) is 24.1 Å². The number of rotatable bonds is 9. The van der Waals surface area contributed by atoms with Gasteiger partial charge >= 0.3 is 0 Å². The van der Waals surface area contributed by atoms with Gasteiger partial charge in [-0.25, -0.2) is 13.2 Å². The minimum atomic E-state index is -2.48. The molecule has 2 aliphatic heterocycles. The van der Waals surface area contributed by atoms with Crippen LogP contribution in [0, 0.1) is 17.5 Å². The number of hydrogen-bond acceptors (Lipinski definition) is 6. The van der Waals surface area contributed by atoms with Gasteiger partial charge in [0.1, 0.15) is 41.2 Å². The quantitative estimate of drug-likeness (QED) is 0.184. The molecule has 47 heavy (non-hydrogen) atoms. The van der Waals surface area contributed by atoms with E-state index in [-0.39, 0.29) is 72.8 Å². The molecule has 3 aromatic carbocycles. The number of benzene rings is 3. The molecule has 5 rings (SSSR count). The molecule has 0 saturated carbocycles. The van der Waals surface area contributed by atoms with E-state index >= 15 is 4.39 Å². The van der Waals surface area contributed by atoms with Gasteiger partial charge in [0.2, 0.25) is 5.91 Å². The van der Waals surface area contributed by atoms with Gasteiger partial charge in [-0.15, -0.1) is 0 Å². The number of amides is 1. The number of nitrogens with zero attached hydrogens (tertiary/aromatic N) is 2. The van der Waals surface area contributed by atoms with E-state index < -0.39 is 37.5 Å². The summed E-state index contributed by atoms with van der Waals surface area (Å²) >= 11 is 5.81. The fraction of sp³-hybridized carbons (Fsp3) is 0.457. The third-order valence-electron chi connectivity index (χ3n) is 9.70. The number of carbonyl (C=O) groups excluding carboxylic acids is 1. The molecular formula is C35H42ClF3N2O5Si. The first-order valence-electron chi connectivity index (χ1n) is 15.7. The molecular weight excluding hydrogens is 649 g/mol. The fourth-order valence-electron chi connectivity index (χ4n) is 5.80. The van der Waals surface area contributed by atoms with E-state index in [9.17, 15) is 18.7 Å². The molecule has 1 saturated heterocycles. The van der Waals surface area contributed by atoms with Crippen molar-refractivity contribution >= 4 is 37.2 Å². The van der Waals surface area contributed by atoms with Crippen LogP contribution in [0.2, 0.25) is 23.2 Å². The Balaban J connectivity index is 1.42. The van der Waals surface area contributed by atoms with E-state index in [1.165, 1.54) is 17.0 Å². The van der Waals surface area contributed by atoms with Crippen LogP contribution in [0.3, 0.4) is 0 Å². The zero-order valence-electron chi connectivity index (χ0n) is 27.6. The zero-order chi connectivity index (χ0) is 34.3. The summed E-state index contributed by atoms with van der Waals surface area (Å²) in [4.78, 5) is 16.1. The first kappa shape index (κ1) is 35.1. The van der Waals surface area contributed by atoms with Gasteiger partial charge in [-0.1, -0.05) is 44.5 Å². The molecule has 254 valence electrons. The molecule has 0 unspecified atom stereocenters. The Hall–Kier alpha value is -3.25. The monoisotopic (exact) mass is 690 g/mol. The fourth-order valence-corrected chi connectivity index (χ4v) is 7.31. The van der Waals surface area contributed by atoms with E-state index in [2.05, 4.69) is 33.9 Å². The van der Waals surface area contributed by atoms with Crippen LogP contribution in [-0.4, -0.2) is 57.8 Å². The highest BCUT2D eigenvalue weighted by molar-refractivity contribution is 6.74. The second-order valence-corrected chi connectivity index (χ2v) is 19.0. The highest BCUT2D eigenvalue weighted by Crippen LogP contribution is 2.42. The Labute approximate surface area is 280 Å². The molecule has 1 N–H and O–H groups in total. The molecule has 7 nitrogen and oxygen atoms in total. The summed E-state index contributed by atoms with van der Waals surface area (Å²) in [5.74, 6) is -1.13. The molecule has 2 heterocycles. The van der Waals surface area contributed by atoms with Crippen molar-refractivity contribution in [3.05, 3.63) is 82.1 Å². The van der Waals surface area contributed by atoms with Gasteiger partial charge < -0.3 is 28.8 Å². The van der Waals surface area contributed by atoms with Gasteiger partial charge in [-0.3, -0.25) is 4.79 Å². The van der Waals surface area contributed by atoms with Crippen LogP contribution in [0.5, 0.6) is 11.5 Å². The second kappa shape index (κ2) is 13.3. The van der Waals surface area contributed by atoms with Crippen molar-refractivity contribution in [1.82, 2.24) is 0 Å². The van der Waals surface area contributed by atoms with E-state index in [0.717, 1.165) is 17.7 Å². The van der Waals surface area contributed by atoms with E-state index in [0.29, 0.717) is 17.1 Å². The average molecular weight is 691 g/mol. The predicted octanol–water partition coefficient (Wildman–Crippen LogP) is 7.66. The van der Waals surface area contributed by atoms with Crippen molar-refractivity contribution in [1.29, 1.82) is 0 Å². The third kappa shape index (κ3) is 7.28. The molecule has 0 radical (unpaired) electrons. The maximum Gasteiger partial charge on any atom is 0.227 e. The molecule has 0 aromatic heterocycles. The van der Waals surface area contributed by atoms with Crippen molar-refractivity contribution in [3.63, 3.8) is 0 Å². The van der Waals surface area contributed by atoms with Crippen LogP contribution in [0.4, 0.5) is 24.5 Å². The summed E-state index contributed by atoms with van der Waals surface area (Å²) in [6.45, 7) is 10.6. The number of piperidine rings is 1. The van der Waals surface area contributed by atoms with Crippen LogP contribution < -0.4 is 19.3 Å². The molecule has 0 bridgehead atoms. The van der Waals surface area contributed by atoms with Gasteiger partial charge in [-0.05, 0) is 66.9 Å². The molecule has 12 heteroatoms. The van der Waals surface area contributed by atoms with E-state index in [4.69, 9.17) is 25.5 Å². The maximum absolute atomic E-state index is 15.4. The highest BCUT2D eigenvalue weighted by atomic mass is 35.5. The number of fused-ring (bicyclic) bond motifs is 1. The average Bonchev–Trinajstić information content (AvgIpc) is 3.01. The number of ether oxygens (including phenoxy) is 2. The second-order valence-electron chi connectivity index (χ2n) is 13.9. The van der Waals surface area contributed by atoms with Crippen molar-refractivity contribution in [2.45, 2.75) is 76.4 Å². The first-order chi connectivity index (χ1) is 22.0. The van der Waals surface area contributed by atoms with Crippen LogP contribution in [0.1, 0.15) is 44.7 Å². The van der Waals surface area contributed by atoms with Crippen LogP contribution in [-0.2, 0) is 22.2 Å². The normalized spacial score (nSPS) is 20.3.